The zero-order valence-electron chi connectivity index (χ0n) is 18.0. The third-order valence-corrected chi connectivity index (χ3v) is 5.95. The molecule has 0 saturated carbocycles. The van der Waals surface area contributed by atoms with Crippen LogP contribution in [0.5, 0.6) is 0 Å². The molecule has 0 radical (unpaired) electrons. The van der Waals surface area contributed by atoms with Crippen molar-refractivity contribution in [2.45, 2.75) is 51.9 Å². The first-order valence-corrected chi connectivity index (χ1v) is 11.4. The fraction of sp³-hybridized carbons (Fsp3) is 0.375. The number of hydrogen-bond donors (Lipinski definition) is 1. The van der Waals surface area contributed by atoms with E-state index in [4.69, 9.17) is 0 Å². The van der Waals surface area contributed by atoms with Crippen molar-refractivity contribution in [1.82, 2.24) is 14.9 Å². The minimum atomic E-state index is -0.0798. The van der Waals surface area contributed by atoms with E-state index >= 15 is 0 Å². The predicted octanol–water partition coefficient (Wildman–Crippen LogP) is 4.58. The smallest absolute Gasteiger partial charge is 0.262 e. The van der Waals surface area contributed by atoms with Crippen LogP contribution in [0.15, 0.2) is 58.5 Å². The first-order valence-electron chi connectivity index (χ1n) is 10.4. The highest BCUT2D eigenvalue weighted by Gasteiger charge is 2.14. The first kappa shape index (κ1) is 22.1. The van der Waals surface area contributed by atoms with Gasteiger partial charge >= 0.3 is 0 Å². The van der Waals surface area contributed by atoms with Crippen LogP contribution in [0.2, 0.25) is 0 Å². The summed E-state index contributed by atoms with van der Waals surface area (Å²) in [5.41, 5.74) is 2.98. The van der Waals surface area contributed by atoms with Crippen LogP contribution in [0.4, 0.5) is 0 Å². The topological polar surface area (TPSA) is 64.0 Å². The molecule has 6 heteroatoms. The number of carbonyl (C=O) groups is 1. The van der Waals surface area contributed by atoms with Gasteiger partial charge in [-0.15, -0.1) is 0 Å². The van der Waals surface area contributed by atoms with E-state index in [0.29, 0.717) is 28.5 Å². The molecule has 158 valence electrons. The van der Waals surface area contributed by atoms with Crippen molar-refractivity contribution in [3.8, 4) is 0 Å². The van der Waals surface area contributed by atoms with Gasteiger partial charge in [-0.2, -0.15) is 0 Å². The standard InChI is InChI=1S/C24H29N3O2S/c1-5-27-23(29)20-8-6-7-9-21(20)26-24(27)30-15-22(28)25-17(4)19-12-10-18(11-13-19)14-16(2)3/h6-13,16-17H,5,14-15H2,1-4H3,(H,25,28)/t17-/m0/s1. The predicted molar refractivity (Wildman–Crippen MR) is 124 cm³/mol. The third-order valence-electron chi connectivity index (χ3n) is 4.98. The van der Waals surface area contributed by atoms with Gasteiger partial charge in [-0.05, 0) is 49.4 Å². The van der Waals surface area contributed by atoms with Crippen molar-refractivity contribution in [3.05, 3.63) is 70.0 Å². The van der Waals surface area contributed by atoms with E-state index in [-0.39, 0.29) is 23.3 Å². The Morgan fingerprint density at radius 3 is 2.47 bits per heavy atom. The average Bonchev–Trinajstić information content (AvgIpc) is 2.72. The Morgan fingerprint density at radius 1 is 1.10 bits per heavy atom. The normalized spacial score (nSPS) is 12.3. The van der Waals surface area contributed by atoms with Crippen molar-refractivity contribution in [1.29, 1.82) is 0 Å². The van der Waals surface area contributed by atoms with Crippen LogP contribution in [0.1, 0.15) is 44.9 Å². The van der Waals surface area contributed by atoms with E-state index in [1.54, 1.807) is 10.6 Å². The van der Waals surface area contributed by atoms with Gasteiger partial charge in [0.25, 0.3) is 5.56 Å². The zero-order valence-corrected chi connectivity index (χ0v) is 18.8. The SMILES string of the molecule is CCn1c(SCC(=O)N[C@@H](C)c2ccc(CC(C)C)cc2)nc2ccccc2c1=O. The van der Waals surface area contributed by atoms with Gasteiger partial charge in [0.1, 0.15) is 0 Å². The summed E-state index contributed by atoms with van der Waals surface area (Å²) in [5, 5.41) is 4.21. The number of rotatable bonds is 8. The summed E-state index contributed by atoms with van der Waals surface area (Å²) in [6.45, 7) is 8.82. The highest BCUT2D eigenvalue weighted by atomic mass is 32.2. The lowest BCUT2D eigenvalue weighted by Gasteiger charge is -2.16. The van der Waals surface area contributed by atoms with Crippen molar-refractivity contribution in [3.63, 3.8) is 0 Å². The van der Waals surface area contributed by atoms with Crippen molar-refractivity contribution in [2.75, 3.05) is 5.75 Å². The molecule has 1 heterocycles. The van der Waals surface area contributed by atoms with Gasteiger partial charge in [-0.1, -0.05) is 62.0 Å². The Labute approximate surface area is 181 Å². The van der Waals surface area contributed by atoms with Crippen LogP contribution >= 0.6 is 11.8 Å². The van der Waals surface area contributed by atoms with Gasteiger partial charge in [0, 0.05) is 6.54 Å². The lowest BCUT2D eigenvalue weighted by Crippen LogP contribution is -2.29. The molecule has 30 heavy (non-hydrogen) atoms. The molecular weight excluding hydrogens is 394 g/mol. The molecular formula is C24H29N3O2S. The zero-order chi connectivity index (χ0) is 21.7. The minimum absolute atomic E-state index is 0.0686. The molecule has 1 atom stereocenters. The van der Waals surface area contributed by atoms with Gasteiger partial charge in [-0.3, -0.25) is 14.2 Å². The van der Waals surface area contributed by atoms with Crippen LogP contribution in [0, 0.1) is 5.92 Å². The number of carbonyl (C=O) groups excluding carboxylic acids is 1. The fourth-order valence-electron chi connectivity index (χ4n) is 3.45. The van der Waals surface area contributed by atoms with Gasteiger partial charge in [-0.25, -0.2) is 4.98 Å². The summed E-state index contributed by atoms with van der Waals surface area (Å²) in [6, 6.07) is 15.6. The second kappa shape index (κ2) is 9.94. The molecule has 5 nitrogen and oxygen atoms in total. The van der Waals surface area contributed by atoms with E-state index in [9.17, 15) is 9.59 Å². The van der Waals surface area contributed by atoms with Gasteiger partial charge in [0.15, 0.2) is 5.16 Å². The van der Waals surface area contributed by atoms with Crippen LogP contribution in [0.3, 0.4) is 0 Å². The highest BCUT2D eigenvalue weighted by Crippen LogP contribution is 2.19. The largest absolute Gasteiger partial charge is 0.349 e. The Morgan fingerprint density at radius 2 is 1.80 bits per heavy atom. The van der Waals surface area contributed by atoms with Gasteiger partial charge in [0.2, 0.25) is 5.91 Å². The number of nitrogens with zero attached hydrogens (tertiary/aromatic N) is 2. The second-order valence-electron chi connectivity index (χ2n) is 7.88. The molecule has 0 saturated heterocycles. The van der Waals surface area contributed by atoms with Crippen LogP contribution in [-0.2, 0) is 17.8 Å². The molecule has 2 aromatic carbocycles. The highest BCUT2D eigenvalue weighted by molar-refractivity contribution is 7.99. The molecule has 3 aromatic rings. The number of nitrogens with one attached hydrogen (secondary N) is 1. The number of para-hydroxylation sites is 1. The molecule has 0 spiro atoms. The summed E-state index contributed by atoms with van der Waals surface area (Å²) in [4.78, 5) is 29.8. The maximum Gasteiger partial charge on any atom is 0.262 e. The first-order chi connectivity index (χ1) is 14.4. The molecule has 0 aliphatic heterocycles. The van der Waals surface area contributed by atoms with Gasteiger partial charge < -0.3 is 5.32 Å². The second-order valence-corrected chi connectivity index (χ2v) is 8.82. The summed E-state index contributed by atoms with van der Waals surface area (Å²) >= 11 is 1.29. The number of thioether (sulfide) groups is 1. The Hall–Kier alpha value is -2.60. The summed E-state index contributed by atoms with van der Waals surface area (Å²) in [6.07, 6.45) is 1.05. The quantitative estimate of drug-likeness (QED) is 0.425. The molecule has 0 aliphatic rings. The summed E-state index contributed by atoms with van der Waals surface area (Å²) in [5.74, 6) is 0.749. The van der Waals surface area contributed by atoms with E-state index in [1.165, 1.54) is 17.3 Å². The number of fused-ring (bicyclic) bond motifs is 1. The fourth-order valence-corrected chi connectivity index (χ4v) is 4.32. The summed E-state index contributed by atoms with van der Waals surface area (Å²) < 4.78 is 1.62. The van der Waals surface area contributed by atoms with Crippen molar-refractivity contribution in [2.24, 2.45) is 5.92 Å². The van der Waals surface area contributed by atoms with Crippen LogP contribution < -0.4 is 10.9 Å². The van der Waals surface area contributed by atoms with Gasteiger partial charge in [0.05, 0.1) is 22.7 Å². The molecule has 0 bridgehead atoms. The molecule has 3 rings (SSSR count). The Bertz CT molecular complexity index is 1070. The number of hydrogen-bond acceptors (Lipinski definition) is 4. The maximum atomic E-state index is 12.7. The van der Waals surface area contributed by atoms with E-state index < -0.39 is 0 Å². The molecule has 1 N–H and O–H groups in total. The third kappa shape index (κ3) is 5.30. The number of aromatic nitrogens is 2. The number of amides is 1. The molecule has 0 fully saturated rings. The minimum Gasteiger partial charge on any atom is -0.349 e. The molecule has 1 aromatic heterocycles. The lowest BCUT2D eigenvalue weighted by molar-refractivity contribution is -0.119. The average molecular weight is 424 g/mol. The monoisotopic (exact) mass is 423 g/mol. The maximum absolute atomic E-state index is 12.7. The number of benzene rings is 2. The molecule has 0 unspecified atom stereocenters. The van der Waals surface area contributed by atoms with E-state index in [2.05, 4.69) is 48.4 Å². The van der Waals surface area contributed by atoms with Crippen molar-refractivity contribution >= 4 is 28.6 Å². The van der Waals surface area contributed by atoms with E-state index in [1.807, 2.05) is 32.0 Å². The Balaban J connectivity index is 1.65. The van der Waals surface area contributed by atoms with Crippen LogP contribution in [-0.4, -0.2) is 21.2 Å². The molecule has 0 aliphatic carbocycles. The lowest BCUT2D eigenvalue weighted by atomic mass is 10.00. The molecule has 1 amide bonds. The van der Waals surface area contributed by atoms with E-state index in [0.717, 1.165) is 12.0 Å². The van der Waals surface area contributed by atoms with Crippen molar-refractivity contribution < 1.29 is 4.79 Å². The summed E-state index contributed by atoms with van der Waals surface area (Å²) in [7, 11) is 0. The Kier molecular flexibility index (Phi) is 7.32. The van der Waals surface area contributed by atoms with Crippen LogP contribution in [0.25, 0.3) is 10.9 Å².